The van der Waals surface area contributed by atoms with E-state index < -0.39 is 16.3 Å². The number of hydrogen-bond acceptors (Lipinski definition) is 3. The average Bonchev–Trinajstić information content (AvgIpc) is 1.85. The van der Waals surface area contributed by atoms with Gasteiger partial charge < -0.3 is 5.11 Å². The van der Waals surface area contributed by atoms with Crippen molar-refractivity contribution in [2.24, 2.45) is 0 Å². The summed E-state index contributed by atoms with van der Waals surface area (Å²) in [5, 5.41) is 8.38. The Morgan fingerprint density at radius 1 is 1.55 bits per heavy atom. The van der Waals surface area contributed by atoms with Crippen LogP contribution in [0.1, 0.15) is 6.42 Å². The second-order valence-electron chi connectivity index (χ2n) is 2.11. The van der Waals surface area contributed by atoms with Gasteiger partial charge in [-0.3, -0.25) is 0 Å². The van der Waals surface area contributed by atoms with E-state index in [9.17, 15) is 13.2 Å². The molecule has 0 aromatic rings. The molecule has 64 valence electrons. The minimum absolute atomic E-state index is 0.0463. The third-order valence-electron chi connectivity index (χ3n) is 1.33. The predicted octanol–water partition coefficient (Wildman–Crippen LogP) is -0.795. The van der Waals surface area contributed by atoms with Crippen LogP contribution in [0.3, 0.4) is 0 Å². The van der Waals surface area contributed by atoms with Gasteiger partial charge in [0.05, 0.1) is 0 Å². The van der Waals surface area contributed by atoms with Gasteiger partial charge in [0.25, 0.3) is 0 Å². The summed E-state index contributed by atoms with van der Waals surface area (Å²) in [6.07, 6.45) is -0.914. The van der Waals surface area contributed by atoms with E-state index in [-0.39, 0.29) is 6.54 Å². The van der Waals surface area contributed by atoms with E-state index in [1.165, 1.54) is 0 Å². The maximum Gasteiger partial charge on any atom is 0.422 e. The lowest BCUT2D eigenvalue weighted by Gasteiger charge is -2.23. The highest BCUT2D eigenvalue weighted by molar-refractivity contribution is 7.87. The lowest BCUT2D eigenvalue weighted by molar-refractivity contribution is 0.170. The Kier molecular flexibility index (Phi) is 2.01. The molecule has 11 heavy (non-hydrogen) atoms. The Bertz CT molecular complexity index is 259. The molecule has 1 saturated heterocycles. The zero-order chi connectivity index (χ0) is 8.48. The molecule has 0 radical (unpaired) electrons. The number of nitrogens with zero attached hydrogens (tertiary/aromatic N) is 1. The van der Waals surface area contributed by atoms with Gasteiger partial charge in [0.2, 0.25) is 0 Å². The summed E-state index contributed by atoms with van der Waals surface area (Å²) in [6.45, 7) is 0.358. The first-order chi connectivity index (χ1) is 5.04. The molecule has 0 spiro atoms. The standard InChI is InChI=1S/C4H8N2O4S/c7-4(8)6-3-1-2-5-11(6,9)10/h5H,1-3H2,(H,7,8). The Morgan fingerprint density at radius 3 is 2.55 bits per heavy atom. The lowest BCUT2D eigenvalue weighted by atomic mass is 10.4. The third-order valence-corrected chi connectivity index (χ3v) is 2.81. The van der Waals surface area contributed by atoms with E-state index in [1.807, 2.05) is 0 Å². The largest absolute Gasteiger partial charge is 0.464 e. The monoisotopic (exact) mass is 180 g/mol. The predicted molar refractivity (Wildman–Crippen MR) is 36.3 cm³/mol. The van der Waals surface area contributed by atoms with Crippen molar-refractivity contribution in [3.8, 4) is 0 Å². The Balaban J connectivity index is 2.85. The fourth-order valence-corrected chi connectivity index (χ4v) is 1.95. The molecule has 0 aliphatic carbocycles. The van der Waals surface area contributed by atoms with Crippen molar-refractivity contribution in [3.05, 3.63) is 0 Å². The van der Waals surface area contributed by atoms with E-state index >= 15 is 0 Å². The summed E-state index contributed by atoms with van der Waals surface area (Å²) in [5.41, 5.74) is 0. The van der Waals surface area contributed by atoms with Crippen LogP contribution in [-0.2, 0) is 10.2 Å². The molecule has 0 saturated carbocycles. The molecule has 0 aromatic carbocycles. The zero-order valence-electron chi connectivity index (χ0n) is 5.65. The summed E-state index contributed by atoms with van der Waals surface area (Å²) in [4.78, 5) is 10.3. The van der Waals surface area contributed by atoms with Crippen molar-refractivity contribution in [1.29, 1.82) is 0 Å². The maximum atomic E-state index is 10.9. The van der Waals surface area contributed by atoms with Crippen molar-refractivity contribution in [2.75, 3.05) is 13.1 Å². The van der Waals surface area contributed by atoms with Gasteiger partial charge in [0.15, 0.2) is 0 Å². The summed E-state index contributed by atoms with van der Waals surface area (Å²) in [7, 11) is -3.74. The van der Waals surface area contributed by atoms with Crippen LogP contribution >= 0.6 is 0 Å². The van der Waals surface area contributed by atoms with Gasteiger partial charge in [-0.25, -0.2) is 4.79 Å². The molecule has 1 fully saturated rings. The Labute approximate surface area is 64.0 Å². The fraction of sp³-hybridized carbons (Fsp3) is 0.750. The molecule has 0 aromatic heterocycles. The van der Waals surface area contributed by atoms with Crippen LogP contribution in [0.2, 0.25) is 0 Å². The first-order valence-corrected chi connectivity index (χ1v) is 4.48. The van der Waals surface area contributed by atoms with Crippen LogP contribution in [0, 0.1) is 0 Å². The van der Waals surface area contributed by atoms with Crippen LogP contribution in [0.15, 0.2) is 0 Å². The van der Waals surface area contributed by atoms with Crippen molar-refractivity contribution in [1.82, 2.24) is 9.03 Å². The molecule has 1 aliphatic rings. The summed E-state index contributed by atoms with van der Waals surface area (Å²) >= 11 is 0. The van der Waals surface area contributed by atoms with Crippen LogP contribution < -0.4 is 4.72 Å². The summed E-state index contributed by atoms with van der Waals surface area (Å²) < 4.78 is 24.2. The third kappa shape index (κ3) is 1.60. The number of carboxylic acid groups (broad SMARTS) is 1. The van der Waals surface area contributed by atoms with Crippen LogP contribution in [-0.4, -0.2) is 37.0 Å². The highest BCUT2D eigenvalue weighted by atomic mass is 32.2. The summed E-state index contributed by atoms with van der Waals surface area (Å²) in [5.74, 6) is 0. The average molecular weight is 180 g/mol. The molecule has 7 heteroatoms. The van der Waals surface area contributed by atoms with Crippen molar-refractivity contribution in [2.45, 2.75) is 6.42 Å². The Hall–Kier alpha value is -0.820. The molecular formula is C4H8N2O4S. The van der Waals surface area contributed by atoms with Gasteiger partial charge in [0.1, 0.15) is 0 Å². The smallest absolute Gasteiger partial charge is 0.422 e. The topological polar surface area (TPSA) is 86.7 Å². The first kappa shape index (κ1) is 8.28. The van der Waals surface area contributed by atoms with E-state index in [2.05, 4.69) is 4.72 Å². The van der Waals surface area contributed by atoms with Crippen molar-refractivity contribution in [3.63, 3.8) is 0 Å². The zero-order valence-corrected chi connectivity index (χ0v) is 6.47. The van der Waals surface area contributed by atoms with Gasteiger partial charge in [-0.1, -0.05) is 0 Å². The van der Waals surface area contributed by atoms with Crippen LogP contribution in [0.4, 0.5) is 4.79 Å². The molecule has 1 rings (SSSR count). The van der Waals surface area contributed by atoms with E-state index in [4.69, 9.17) is 5.11 Å². The van der Waals surface area contributed by atoms with Gasteiger partial charge in [-0.05, 0) is 6.42 Å². The highest BCUT2D eigenvalue weighted by Crippen LogP contribution is 2.04. The van der Waals surface area contributed by atoms with Crippen LogP contribution in [0.5, 0.6) is 0 Å². The van der Waals surface area contributed by atoms with E-state index in [0.29, 0.717) is 17.3 Å². The summed E-state index contributed by atoms with van der Waals surface area (Å²) in [6, 6.07) is 0. The Morgan fingerprint density at radius 2 is 2.18 bits per heavy atom. The van der Waals surface area contributed by atoms with E-state index in [1.54, 1.807) is 0 Å². The molecular weight excluding hydrogens is 172 g/mol. The molecule has 0 atom stereocenters. The minimum Gasteiger partial charge on any atom is -0.464 e. The number of nitrogens with one attached hydrogen (secondary N) is 1. The number of amides is 1. The fourth-order valence-electron chi connectivity index (χ4n) is 0.820. The van der Waals surface area contributed by atoms with Gasteiger partial charge >= 0.3 is 16.3 Å². The minimum atomic E-state index is -3.74. The van der Waals surface area contributed by atoms with Gasteiger partial charge in [-0.15, -0.1) is 0 Å². The van der Waals surface area contributed by atoms with Crippen LogP contribution in [0.25, 0.3) is 0 Å². The molecule has 1 aliphatic heterocycles. The molecule has 1 heterocycles. The quantitative estimate of drug-likeness (QED) is 0.511. The number of rotatable bonds is 0. The van der Waals surface area contributed by atoms with Gasteiger partial charge in [0, 0.05) is 13.1 Å². The number of carbonyl (C=O) groups is 1. The number of hydrogen-bond donors (Lipinski definition) is 2. The molecule has 2 N–H and O–H groups in total. The first-order valence-electron chi connectivity index (χ1n) is 3.04. The van der Waals surface area contributed by atoms with Gasteiger partial charge in [-0.2, -0.15) is 17.4 Å². The molecule has 0 unspecified atom stereocenters. The molecule has 6 nitrogen and oxygen atoms in total. The lowest BCUT2D eigenvalue weighted by Crippen LogP contribution is -2.49. The van der Waals surface area contributed by atoms with Crippen molar-refractivity contribution >= 4 is 16.3 Å². The molecule has 0 bridgehead atoms. The van der Waals surface area contributed by atoms with Crippen molar-refractivity contribution < 1.29 is 18.3 Å². The second kappa shape index (κ2) is 2.67. The molecule has 1 amide bonds. The SMILES string of the molecule is O=C(O)N1CCCNS1(=O)=O. The normalized spacial score (nSPS) is 23.1. The second-order valence-corrected chi connectivity index (χ2v) is 3.79. The maximum absolute atomic E-state index is 10.9. The highest BCUT2D eigenvalue weighted by Gasteiger charge is 2.29. The van der Waals surface area contributed by atoms with E-state index in [0.717, 1.165) is 0 Å².